The largest absolute Gasteiger partial charge is 0.484 e. The summed E-state index contributed by atoms with van der Waals surface area (Å²) >= 11 is 0. The molecule has 2 aromatic carbocycles. The van der Waals surface area contributed by atoms with Crippen molar-refractivity contribution in [1.82, 2.24) is 39.3 Å². The van der Waals surface area contributed by atoms with Gasteiger partial charge in [-0.05, 0) is 98.9 Å². The number of hydrogen-bond donors (Lipinski definition) is 2. The molecule has 2 atom stereocenters. The van der Waals surface area contributed by atoms with Crippen molar-refractivity contribution in [3.63, 3.8) is 0 Å². The maximum atomic E-state index is 9.47. The summed E-state index contributed by atoms with van der Waals surface area (Å²) in [6.07, 6.45) is 19.0. The summed E-state index contributed by atoms with van der Waals surface area (Å²) < 4.78 is 18.4. The first-order valence-corrected chi connectivity index (χ1v) is 19.4. The second-order valence-corrected chi connectivity index (χ2v) is 14.8. The van der Waals surface area contributed by atoms with Gasteiger partial charge in [-0.3, -0.25) is 14.6 Å². The number of nitrogens with zero attached hydrogens (tertiary/aromatic N) is 10. The lowest BCUT2D eigenvalue weighted by Gasteiger charge is -2.27. The molecule has 58 heavy (non-hydrogen) atoms. The molecular formula is C44H41N12O2+. The summed E-state index contributed by atoms with van der Waals surface area (Å²) in [5.41, 5.74) is 11.7. The van der Waals surface area contributed by atoms with Crippen molar-refractivity contribution < 1.29 is 9.47 Å². The summed E-state index contributed by atoms with van der Waals surface area (Å²) in [7, 11) is 1.89. The SMILES string of the molecule is Cc1c(C#[N+]Cn2cc(Nc3cc(O[C@@H]4CCCc5c4ncc(C#N)c5C)ccc3C=N)cn2)cnc2c1CCC[C@@H]2Oc1ccc2cnn(-c3cnn(C)c3)c2c1. The molecule has 2 N–H and O–H groups in total. The standard InChI is InChI=1S/C44H41N12O2/c1-27-31(17-46)19-48-43-37(27)6-4-8-41(43)57-35-12-10-29(16-45)39(14-35)53-33-22-51-55(24-33)26-47-18-32-20-49-44-38(28(32)2)7-5-9-42(44)58-36-13-11-30-21-52-56(40(30)15-36)34-23-50-54(3)25-34/h10-16,19-25,41-42,45,53H,4-9,26H2,1-3H3/q+1/t41-,42+/m1/s1. The molecule has 0 saturated heterocycles. The van der Waals surface area contributed by atoms with Crippen LogP contribution in [0.1, 0.15) is 88.2 Å². The molecule has 0 radical (unpaired) electrons. The topological polar surface area (TPSA) is 162 Å². The van der Waals surface area contributed by atoms with Crippen molar-refractivity contribution in [2.24, 2.45) is 7.05 Å². The zero-order chi connectivity index (χ0) is 39.8. The van der Waals surface area contributed by atoms with Gasteiger partial charge in [0.2, 0.25) is 0 Å². The predicted octanol–water partition coefficient (Wildman–Crippen LogP) is 8.23. The van der Waals surface area contributed by atoms with Gasteiger partial charge in [0.25, 0.3) is 0 Å². The Hall–Kier alpha value is -7.32. The van der Waals surface area contributed by atoms with Crippen LogP contribution in [-0.2, 0) is 26.6 Å². The van der Waals surface area contributed by atoms with Crippen LogP contribution in [0.5, 0.6) is 11.5 Å². The van der Waals surface area contributed by atoms with Crippen LogP contribution >= 0.6 is 0 Å². The third-order valence-electron chi connectivity index (χ3n) is 11.1. The second-order valence-electron chi connectivity index (χ2n) is 14.8. The van der Waals surface area contributed by atoms with Crippen molar-refractivity contribution in [2.75, 3.05) is 5.32 Å². The fourth-order valence-corrected chi connectivity index (χ4v) is 7.99. The summed E-state index contributed by atoms with van der Waals surface area (Å²) in [5, 5.41) is 35.3. The highest BCUT2D eigenvalue weighted by Crippen LogP contribution is 2.37. The number of aryl methyl sites for hydroxylation is 1. The molecule has 9 rings (SSSR count). The van der Waals surface area contributed by atoms with Gasteiger partial charge in [-0.25, -0.2) is 4.68 Å². The van der Waals surface area contributed by atoms with Crippen molar-refractivity contribution >= 4 is 28.5 Å². The van der Waals surface area contributed by atoms with Gasteiger partial charge in [0.05, 0.1) is 64.8 Å². The molecule has 2 aliphatic carbocycles. The molecule has 0 saturated carbocycles. The molecule has 14 heteroatoms. The van der Waals surface area contributed by atoms with Gasteiger partial charge >= 0.3 is 12.7 Å². The van der Waals surface area contributed by atoms with Gasteiger partial charge in [-0.15, -0.1) is 0 Å². The van der Waals surface area contributed by atoms with Crippen molar-refractivity contribution in [3.05, 3.63) is 135 Å². The molecular weight excluding hydrogens is 729 g/mol. The minimum Gasteiger partial charge on any atom is -0.484 e. The number of nitriles is 1. The van der Waals surface area contributed by atoms with Gasteiger partial charge in [-0.2, -0.15) is 25.2 Å². The average molecular weight is 770 g/mol. The van der Waals surface area contributed by atoms with Gasteiger partial charge in [0.1, 0.15) is 41.0 Å². The first kappa shape index (κ1) is 36.3. The lowest BCUT2D eigenvalue weighted by atomic mass is 9.89. The fourth-order valence-electron chi connectivity index (χ4n) is 7.99. The molecule has 0 bridgehead atoms. The number of fused-ring (bicyclic) bond motifs is 3. The predicted molar refractivity (Wildman–Crippen MR) is 219 cm³/mol. The van der Waals surface area contributed by atoms with Crippen LogP contribution in [0, 0.1) is 36.7 Å². The molecule has 5 aromatic heterocycles. The number of pyridine rings is 2. The van der Waals surface area contributed by atoms with Crippen LogP contribution in [0.3, 0.4) is 0 Å². The number of rotatable bonds is 9. The van der Waals surface area contributed by atoms with E-state index in [1.165, 1.54) is 11.8 Å². The molecule has 0 aliphatic heterocycles. The highest BCUT2D eigenvalue weighted by Gasteiger charge is 2.28. The minimum atomic E-state index is -0.217. The van der Waals surface area contributed by atoms with Crippen LogP contribution in [0.2, 0.25) is 0 Å². The maximum Gasteiger partial charge on any atom is 0.357 e. The zero-order valence-corrected chi connectivity index (χ0v) is 32.5. The van der Waals surface area contributed by atoms with Gasteiger partial charge < -0.3 is 20.2 Å². The lowest BCUT2D eigenvalue weighted by molar-refractivity contribution is 0.178. The second kappa shape index (κ2) is 15.3. The van der Waals surface area contributed by atoms with Crippen LogP contribution in [0.15, 0.2) is 79.8 Å². The van der Waals surface area contributed by atoms with Crippen LogP contribution in [-0.4, -0.2) is 45.5 Å². The normalized spacial score (nSPS) is 15.8. The van der Waals surface area contributed by atoms with E-state index in [9.17, 15) is 5.26 Å². The number of aromatic nitrogens is 8. The van der Waals surface area contributed by atoms with Crippen LogP contribution < -0.4 is 14.8 Å². The minimum absolute atomic E-state index is 0.167. The van der Waals surface area contributed by atoms with E-state index in [-0.39, 0.29) is 18.9 Å². The average Bonchev–Trinajstić information content (AvgIpc) is 3.99. The number of ether oxygens (including phenoxy) is 2. The first-order valence-electron chi connectivity index (χ1n) is 19.4. The Morgan fingerprint density at radius 2 is 1.57 bits per heavy atom. The Labute approximate surface area is 335 Å². The van der Waals surface area contributed by atoms with Crippen molar-refractivity contribution in [3.8, 4) is 29.3 Å². The first-order chi connectivity index (χ1) is 28.3. The summed E-state index contributed by atoms with van der Waals surface area (Å²) in [6.45, 7) is 4.35. The maximum absolute atomic E-state index is 9.47. The molecule has 5 heterocycles. The molecule has 2 aliphatic rings. The number of nitrogens with one attached hydrogen (secondary N) is 2. The van der Waals surface area contributed by atoms with Gasteiger partial charge in [0.15, 0.2) is 0 Å². The molecule has 0 fully saturated rings. The molecule has 288 valence electrons. The van der Waals surface area contributed by atoms with Gasteiger partial charge in [-0.1, -0.05) is 4.85 Å². The van der Waals surface area contributed by atoms with E-state index in [1.807, 2.05) is 79.8 Å². The van der Waals surface area contributed by atoms with E-state index in [4.69, 9.17) is 19.9 Å². The smallest absolute Gasteiger partial charge is 0.357 e. The van der Waals surface area contributed by atoms with E-state index in [0.717, 1.165) is 106 Å². The Kier molecular flexibility index (Phi) is 9.59. The van der Waals surface area contributed by atoms with Crippen LogP contribution in [0.25, 0.3) is 21.4 Å². The van der Waals surface area contributed by atoms with E-state index in [2.05, 4.69) is 49.5 Å². The van der Waals surface area contributed by atoms with E-state index < -0.39 is 0 Å². The van der Waals surface area contributed by atoms with E-state index >= 15 is 0 Å². The summed E-state index contributed by atoms with van der Waals surface area (Å²) in [4.78, 5) is 14.1. The monoisotopic (exact) mass is 769 g/mol. The Morgan fingerprint density at radius 3 is 2.28 bits per heavy atom. The molecule has 0 spiro atoms. The third kappa shape index (κ3) is 7.01. The number of hydrogen-bond acceptors (Lipinski definition) is 10. The van der Waals surface area contributed by atoms with E-state index in [1.54, 1.807) is 28.0 Å². The highest BCUT2D eigenvalue weighted by molar-refractivity contribution is 5.88. The van der Waals surface area contributed by atoms with Gasteiger partial charge in [0, 0.05) is 48.7 Å². The number of benzene rings is 2. The summed E-state index contributed by atoms with van der Waals surface area (Å²) in [5.74, 6) is 1.44. The molecule has 0 unspecified atom stereocenters. The van der Waals surface area contributed by atoms with Crippen molar-refractivity contribution in [1.29, 1.82) is 10.7 Å². The lowest BCUT2D eigenvalue weighted by Crippen LogP contribution is -2.18. The Balaban J connectivity index is 0.867. The molecule has 0 amide bonds. The van der Waals surface area contributed by atoms with Crippen molar-refractivity contribution in [2.45, 2.75) is 71.2 Å². The summed E-state index contributed by atoms with van der Waals surface area (Å²) in [6, 6.07) is 17.1. The van der Waals surface area contributed by atoms with E-state index in [0.29, 0.717) is 16.9 Å². The molecule has 7 aromatic rings. The van der Waals surface area contributed by atoms with Crippen LogP contribution in [0.4, 0.5) is 11.4 Å². The third-order valence-corrected chi connectivity index (χ3v) is 11.1. The zero-order valence-electron chi connectivity index (χ0n) is 32.5. The number of anilines is 2. The fraction of sp³-hybridized carbons (Fsp3) is 0.273. The Bertz CT molecular complexity index is 2810. The highest BCUT2D eigenvalue weighted by atomic mass is 16.5. The quantitative estimate of drug-likeness (QED) is 0.138. The molecule has 14 nitrogen and oxygen atoms in total. The Morgan fingerprint density at radius 1 is 0.862 bits per heavy atom.